The molecule has 2 radical (unpaired) electrons. The van der Waals surface area contributed by atoms with E-state index in [9.17, 15) is 0 Å². The van der Waals surface area contributed by atoms with Gasteiger partial charge in [0.25, 0.3) is 0 Å². The smallest absolute Gasteiger partial charge is 0.346 e. The van der Waals surface area contributed by atoms with Crippen molar-refractivity contribution in [1.29, 1.82) is 0 Å². The van der Waals surface area contributed by atoms with Crippen LogP contribution < -0.4 is 10.2 Å². The molecule has 0 spiro atoms. The van der Waals surface area contributed by atoms with Gasteiger partial charge in [-0.2, -0.15) is 0 Å². The molecule has 0 bridgehead atoms. The second-order valence-electron chi connectivity index (χ2n) is 10.2. The van der Waals surface area contributed by atoms with Crippen LogP contribution in [0.1, 0.15) is 23.0 Å². The van der Waals surface area contributed by atoms with Crippen molar-refractivity contribution >= 4 is 20.4 Å². The predicted octanol–water partition coefficient (Wildman–Crippen LogP) is 7.19. The van der Waals surface area contributed by atoms with E-state index >= 15 is 0 Å². The largest absolute Gasteiger partial charge is 0.492 e. The van der Waals surface area contributed by atoms with Gasteiger partial charge in [-0.3, -0.25) is 9.97 Å². The van der Waals surface area contributed by atoms with E-state index in [-0.39, 0.29) is 0 Å². The Morgan fingerprint density at radius 3 is 1.66 bits per heavy atom. The summed E-state index contributed by atoms with van der Waals surface area (Å²) in [5, 5.41) is 0. The molecule has 0 saturated heterocycles. The molecule has 5 nitrogen and oxygen atoms in total. The van der Waals surface area contributed by atoms with Crippen LogP contribution in [0.15, 0.2) is 152 Å². The minimum absolute atomic E-state index is 0.319. The van der Waals surface area contributed by atoms with Crippen LogP contribution in [0, 0.1) is 0 Å². The fraction of sp³-hybridized carbons (Fsp3) is 0.0811. The van der Waals surface area contributed by atoms with Gasteiger partial charge in [0.1, 0.15) is 11.8 Å². The summed E-state index contributed by atoms with van der Waals surface area (Å²) in [5.41, 5.74) is 7.95. The number of para-hydroxylation sites is 1. The highest BCUT2D eigenvalue weighted by atomic mass is 16.5. The molecule has 4 aromatic carbocycles. The van der Waals surface area contributed by atoms with Gasteiger partial charge >= 0.3 is 15.0 Å². The summed E-state index contributed by atoms with van der Waals surface area (Å²) < 4.78 is 18.6. The van der Waals surface area contributed by atoms with E-state index in [1.807, 2.05) is 128 Å². The quantitative estimate of drug-likeness (QED) is 0.137. The first-order valence-electron chi connectivity index (χ1n) is 14.5. The molecule has 2 heterocycles. The molecule has 44 heavy (non-hydrogen) atoms. The van der Waals surface area contributed by atoms with E-state index in [4.69, 9.17) is 14.0 Å². The number of rotatable bonds is 13. The third kappa shape index (κ3) is 7.90. The highest BCUT2D eigenvalue weighted by Crippen LogP contribution is 2.23. The van der Waals surface area contributed by atoms with Gasteiger partial charge in [-0.15, -0.1) is 0 Å². The molecule has 2 aromatic heterocycles. The fourth-order valence-corrected chi connectivity index (χ4v) is 4.81. The molecule has 1 atom stereocenters. The number of ether oxygens (including phenoxy) is 1. The Bertz CT molecular complexity index is 1760. The maximum Gasteiger partial charge on any atom is 0.346 e. The molecule has 0 aliphatic rings. The molecule has 212 valence electrons. The lowest BCUT2D eigenvalue weighted by Gasteiger charge is -2.20. The predicted molar refractivity (Wildman–Crippen MR) is 176 cm³/mol. The zero-order valence-corrected chi connectivity index (χ0v) is 24.2. The number of benzene rings is 4. The second-order valence-corrected chi connectivity index (χ2v) is 10.2. The summed E-state index contributed by atoms with van der Waals surface area (Å²) in [6.07, 6.45) is 3.62. The topological polar surface area (TPSA) is 53.5 Å². The summed E-state index contributed by atoms with van der Waals surface area (Å²) in [5.74, 6) is 0.677. The summed E-state index contributed by atoms with van der Waals surface area (Å²) in [4.78, 5) is 8.99. The van der Waals surface area contributed by atoms with Gasteiger partial charge in [-0.05, 0) is 63.6 Å². The van der Waals surface area contributed by atoms with Crippen LogP contribution in [-0.2, 0) is 22.5 Å². The first-order chi connectivity index (χ1) is 21.8. The normalized spacial score (nSPS) is 11.5. The Kier molecular flexibility index (Phi) is 9.90. The van der Waals surface area contributed by atoms with Crippen LogP contribution in [0.3, 0.4) is 0 Å². The monoisotopic (exact) mass is 572 g/mol. The number of nitrogens with zero attached hydrogens (tertiary/aromatic N) is 2. The van der Waals surface area contributed by atoms with Crippen LogP contribution in [0.2, 0.25) is 0 Å². The Morgan fingerprint density at radius 1 is 0.523 bits per heavy atom. The lowest BCUT2D eigenvalue weighted by atomic mass is 9.83. The Morgan fingerprint density at radius 2 is 1.05 bits per heavy atom. The van der Waals surface area contributed by atoms with E-state index in [0.717, 1.165) is 44.7 Å². The molecule has 7 heteroatoms. The van der Waals surface area contributed by atoms with Crippen LogP contribution in [0.4, 0.5) is 0 Å². The molecule has 0 amide bonds. The SMILES string of the molecule is [B](OCc1cc(-c2ccccc2)ccn1)c1ccccc1OC([B]OCc1cc(-c2ccccc2)ccn1)c1ccccc1. The highest BCUT2D eigenvalue weighted by molar-refractivity contribution is 6.48. The Labute approximate surface area is 260 Å². The number of hydrogen-bond donors (Lipinski definition) is 0. The van der Waals surface area contributed by atoms with Crippen molar-refractivity contribution in [3.63, 3.8) is 0 Å². The summed E-state index contributed by atoms with van der Waals surface area (Å²) in [7, 11) is 3.44. The molecule has 0 saturated carbocycles. The van der Waals surface area contributed by atoms with Gasteiger partial charge < -0.3 is 14.0 Å². The fourth-order valence-electron chi connectivity index (χ4n) is 4.81. The van der Waals surface area contributed by atoms with Crippen LogP contribution >= 0.6 is 0 Å². The summed E-state index contributed by atoms with van der Waals surface area (Å²) in [6, 6.07) is 45.9. The Hall–Kier alpha value is -4.97. The van der Waals surface area contributed by atoms with Crippen molar-refractivity contribution in [1.82, 2.24) is 9.97 Å². The minimum Gasteiger partial charge on any atom is -0.492 e. The molecule has 0 aliphatic carbocycles. The average Bonchev–Trinajstić information content (AvgIpc) is 3.10. The van der Waals surface area contributed by atoms with E-state index in [2.05, 4.69) is 34.2 Å². The average molecular weight is 572 g/mol. The van der Waals surface area contributed by atoms with E-state index in [1.54, 1.807) is 15.0 Å². The first kappa shape index (κ1) is 29.1. The van der Waals surface area contributed by atoms with Crippen molar-refractivity contribution in [2.45, 2.75) is 19.2 Å². The van der Waals surface area contributed by atoms with Gasteiger partial charge in [-0.25, -0.2) is 0 Å². The van der Waals surface area contributed by atoms with E-state index in [0.29, 0.717) is 19.0 Å². The molecule has 6 aromatic rings. The molecular weight excluding hydrogens is 542 g/mol. The van der Waals surface area contributed by atoms with E-state index < -0.39 is 6.00 Å². The zero-order valence-electron chi connectivity index (χ0n) is 24.2. The van der Waals surface area contributed by atoms with Gasteiger partial charge in [0.15, 0.2) is 0 Å². The molecule has 0 aliphatic heterocycles. The molecule has 0 fully saturated rings. The number of pyridine rings is 2. The van der Waals surface area contributed by atoms with Crippen LogP contribution in [0.5, 0.6) is 5.75 Å². The first-order valence-corrected chi connectivity index (χ1v) is 14.5. The summed E-state index contributed by atoms with van der Waals surface area (Å²) in [6.45, 7) is 0.653. The van der Waals surface area contributed by atoms with Crippen LogP contribution in [0.25, 0.3) is 22.3 Å². The number of aromatic nitrogens is 2. The Balaban J connectivity index is 1.10. The van der Waals surface area contributed by atoms with Gasteiger partial charge in [-0.1, -0.05) is 109 Å². The van der Waals surface area contributed by atoms with Crippen LogP contribution in [-0.4, -0.2) is 24.9 Å². The number of hydrogen-bond acceptors (Lipinski definition) is 5. The van der Waals surface area contributed by atoms with Crippen molar-refractivity contribution < 1.29 is 14.0 Å². The van der Waals surface area contributed by atoms with Crippen molar-refractivity contribution in [2.24, 2.45) is 0 Å². The maximum atomic E-state index is 6.51. The molecule has 6 rings (SSSR count). The maximum absolute atomic E-state index is 6.51. The lowest BCUT2D eigenvalue weighted by Crippen LogP contribution is -2.25. The van der Waals surface area contributed by atoms with Gasteiger partial charge in [0.05, 0.1) is 24.6 Å². The van der Waals surface area contributed by atoms with E-state index in [1.165, 1.54) is 0 Å². The lowest BCUT2D eigenvalue weighted by molar-refractivity contribution is 0.233. The van der Waals surface area contributed by atoms with Gasteiger partial charge in [0.2, 0.25) is 0 Å². The second kappa shape index (κ2) is 15.0. The molecule has 0 N–H and O–H groups in total. The zero-order chi connectivity index (χ0) is 29.8. The minimum atomic E-state index is -0.452. The van der Waals surface area contributed by atoms with Crippen molar-refractivity contribution in [3.05, 3.63) is 169 Å². The van der Waals surface area contributed by atoms with Gasteiger partial charge in [0, 0.05) is 12.4 Å². The van der Waals surface area contributed by atoms with Crippen molar-refractivity contribution in [2.75, 3.05) is 0 Å². The third-order valence-corrected chi connectivity index (χ3v) is 7.04. The summed E-state index contributed by atoms with van der Waals surface area (Å²) >= 11 is 0. The molecule has 1 unspecified atom stereocenters. The third-order valence-electron chi connectivity index (χ3n) is 7.04. The molecular formula is C37H30B2N2O3. The standard InChI is InChI=1S/C37H30B2N2O3/c1-4-12-28(13-5-1)31-20-22-40-33(24-31)26-42-38-35-18-10-11-19-36(35)44-37(30-16-8-3-9-17-30)39-43-27-34-25-32(21-23-41-34)29-14-6-2-7-15-29/h1-25,37H,26-27H2. The van der Waals surface area contributed by atoms with Crippen molar-refractivity contribution in [3.8, 4) is 28.0 Å². The highest BCUT2D eigenvalue weighted by Gasteiger charge is 2.19.